The minimum Gasteiger partial charge on any atom is -0.316 e. The molecular weight excluding hydrogens is 246 g/mol. The van der Waals surface area contributed by atoms with Crippen LogP contribution in [0.5, 0.6) is 0 Å². The quantitative estimate of drug-likeness (QED) is 0.753. The van der Waals surface area contributed by atoms with Gasteiger partial charge in [-0.15, -0.1) is 0 Å². The van der Waals surface area contributed by atoms with Gasteiger partial charge >= 0.3 is 0 Å². The van der Waals surface area contributed by atoms with E-state index in [2.05, 4.69) is 22.0 Å². The summed E-state index contributed by atoms with van der Waals surface area (Å²) in [6, 6.07) is 0.880. The Morgan fingerprint density at radius 2 is 1.95 bits per heavy atom. The highest BCUT2D eigenvalue weighted by atomic mass is 15.3. The molecule has 0 spiro atoms. The van der Waals surface area contributed by atoms with E-state index in [1.807, 2.05) is 0 Å². The zero-order chi connectivity index (χ0) is 13.8. The van der Waals surface area contributed by atoms with Gasteiger partial charge in [-0.1, -0.05) is 19.8 Å². The lowest BCUT2D eigenvalue weighted by Gasteiger charge is -2.42. The zero-order valence-electron chi connectivity index (χ0n) is 13.4. The lowest BCUT2D eigenvalue weighted by molar-refractivity contribution is 0.0651. The number of fused-ring (bicyclic) bond motifs is 1. The molecule has 1 atom stereocenters. The summed E-state index contributed by atoms with van der Waals surface area (Å²) < 4.78 is 0. The average Bonchev–Trinajstić information content (AvgIpc) is 3.08. The van der Waals surface area contributed by atoms with Gasteiger partial charge in [0.05, 0.1) is 0 Å². The van der Waals surface area contributed by atoms with E-state index in [-0.39, 0.29) is 0 Å². The van der Waals surface area contributed by atoms with Gasteiger partial charge in [0.1, 0.15) is 0 Å². The first kappa shape index (κ1) is 14.8. The molecule has 2 aliphatic heterocycles. The van der Waals surface area contributed by atoms with Gasteiger partial charge in [0, 0.05) is 38.8 Å². The van der Waals surface area contributed by atoms with Crippen molar-refractivity contribution in [2.45, 2.75) is 57.9 Å². The molecule has 0 radical (unpaired) electrons. The van der Waals surface area contributed by atoms with Gasteiger partial charge in [-0.05, 0) is 50.6 Å². The Labute approximate surface area is 125 Å². The zero-order valence-corrected chi connectivity index (χ0v) is 13.4. The van der Waals surface area contributed by atoms with Crippen molar-refractivity contribution in [3.63, 3.8) is 0 Å². The molecule has 1 aliphatic carbocycles. The summed E-state index contributed by atoms with van der Waals surface area (Å²) in [5.41, 5.74) is 0.593. The second-order valence-corrected chi connectivity index (χ2v) is 7.45. The van der Waals surface area contributed by atoms with Gasteiger partial charge in [0.2, 0.25) is 0 Å². The van der Waals surface area contributed by atoms with Crippen molar-refractivity contribution in [1.82, 2.24) is 15.1 Å². The van der Waals surface area contributed by atoms with Crippen LogP contribution in [0.15, 0.2) is 0 Å². The maximum absolute atomic E-state index is 3.72. The largest absolute Gasteiger partial charge is 0.316 e. The normalized spacial score (nSPS) is 30.8. The summed E-state index contributed by atoms with van der Waals surface area (Å²) in [5.74, 6) is 0. The summed E-state index contributed by atoms with van der Waals surface area (Å²) in [6.45, 7) is 11.4. The van der Waals surface area contributed by atoms with Gasteiger partial charge in [0.15, 0.2) is 0 Å². The number of piperazine rings is 1. The molecule has 3 rings (SSSR count). The van der Waals surface area contributed by atoms with E-state index in [1.165, 1.54) is 90.8 Å². The van der Waals surface area contributed by atoms with Crippen LogP contribution in [0.2, 0.25) is 0 Å². The molecule has 0 bridgehead atoms. The summed E-state index contributed by atoms with van der Waals surface area (Å²) in [6.07, 6.45) is 9.95. The fourth-order valence-electron chi connectivity index (χ4n) is 4.72. The van der Waals surface area contributed by atoms with E-state index < -0.39 is 0 Å². The number of rotatable bonds is 6. The summed E-state index contributed by atoms with van der Waals surface area (Å²) in [4.78, 5) is 5.53. The molecule has 1 saturated carbocycles. The lowest BCUT2D eigenvalue weighted by Crippen LogP contribution is -2.53. The molecule has 1 unspecified atom stereocenters. The smallest absolute Gasteiger partial charge is 0.0224 e. The predicted molar refractivity (Wildman–Crippen MR) is 85.1 cm³/mol. The van der Waals surface area contributed by atoms with E-state index >= 15 is 0 Å². The first-order valence-electron chi connectivity index (χ1n) is 8.98. The Morgan fingerprint density at radius 3 is 2.75 bits per heavy atom. The third kappa shape index (κ3) is 3.37. The third-order valence-electron chi connectivity index (χ3n) is 5.82. The first-order valence-corrected chi connectivity index (χ1v) is 8.98. The van der Waals surface area contributed by atoms with Crippen LogP contribution < -0.4 is 5.32 Å². The van der Waals surface area contributed by atoms with Crippen LogP contribution in [-0.4, -0.2) is 61.7 Å². The lowest BCUT2D eigenvalue weighted by atomic mass is 9.85. The fourth-order valence-corrected chi connectivity index (χ4v) is 4.72. The highest BCUT2D eigenvalue weighted by Gasteiger charge is 2.38. The van der Waals surface area contributed by atoms with Crippen LogP contribution in [0.25, 0.3) is 0 Å². The van der Waals surface area contributed by atoms with Gasteiger partial charge in [-0.3, -0.25) is 9.80 Å². The molecule has 2 saturated heterocycles. The van der Waals surface area contributed by atoms with Gasteiger partial charge in [0.25, 0.3) is 0 Å². The molecule has 116 valence electrons. The second kappa shape index (κ2) is 6.76. The maximum atomic E-state index is 3.72. The summed E-state index contributed by atoms with van der Waals surface area (Å²) >= 11 is 0. The fraction of sp³-hybridized carbons (Fsp3) is 1.00. The van der Waals surface area contributed by atoms with Gasteiger partial charge < -0.3 is 5.32 Å². The van der Waals surface area contributed by atoms with Crippen LogP contribution in [0.1, 0.15) is 51.9 Å². The molecule has 0 aromatic carbocycles. The molecule has 20 heavy (non-hydrogen) atoms. The molecule has 1 N–H and O–H groups in total. The molecule has 3 heteroatoms. The maximum Gasteiger partial charge on any atom is 0.0224 e. The minimum absolute atomic E-state index is 0.593. The van der Waals surface area contributed by atoms with Crippen molar-refractivity contribution >= 4 is 0 Å². The Bertz CT molecular complexity index is 299. The molecule has 3 nitrogen and oxygen atoms in total. The van der Waals surface area contributed by atoms with Crippen LogP contribution in [0, 0.1) is 5.41 Å². The van der Waals surface area contributed by atoms with Gasteiger partial charge in [-0.2, -0.15) is 0 Å². The molecule has 0 aromatic rings. The SMILES string of the molecule is CCCNCC1(CN2CCN3CCCC3C2)CCCC1. The van der Waals surface area contributed by atoms with E-state index in [4.69, 9.17) is 0 Å². The standard InChI is InChI=1S/C17H33N3/c1-2-9-18-14-17(7-3-4-8-17)15-19-11-12-20-10-5-6-16(20)13-19/h16,18H,2-15H2,1H3. The molecule has 0 amide bonds. The van der Waals surface area contributed by atoms with Crippen molar-refractivity contribution in [3.05, 3.63) is 0 Å². The van der Waals surface area contributed by atoms with E-state index in [1.54, 1.807) is 0 Å². The Morgan fingerprint density at radius 1 is 1.10 bits per heavy atom. The molecule has 3 aliphatic rings. The Balaban J connectivity index is 1.53. The summed E-state index contributed by atoms with van der Waals surface area (Å²) in [5, 5.41) is 3.72. The number of hydrogen-bond donors (Lipinski definition) is 1. The van der Waals surface area contributed by atoms with Crippen molar-refractivity contribution in [3.8, 4) is 0 Å². The molecule has 0 aromatic heterocycles. The average molecular weight is 279 g/mol. The highest BCUT2D eigenvalue weighted by Crippen LogP contribution is 2.39. The minimum atomic E-state index is 0.593. The molecule has 2 heterocycles. The van der Waals surface area contributed by atoms with Crippen molar-refractivity contribution in [2.24, 2.45) is 5.41 Å². The first-order chi connectivity index (χ1) is 9.81. The predicted octanol–water partition coefficient (Wildman–Crippen LogP) is 2.33. The van der Waals surface area contributed by atoms with E-state index in [9.17, 15) is 0 Å². The Hall–Kier alpha value is -0.120. The summed E-state index contributed by atoms with van der Waals surface area (Å²) in [7, 11) is 0. The third-order valence-corrected chi connectivity index (χ3v) is 5.82. The van der Waals surface area contributed by atoms with E-state index in [0.29, 0.717) is 5.41 Å². The molecular formula is C17H33N3. The van der Waals surface area contributed by atoms with Crippen LogP contribution in [0.3, 0.4) is 0 Å². The van der Waals surface area contributed by atoms with Crippen LogP contribution >= 0.6 is 0 Å². The van der Waals surface area contributed by atoms with E-state index in [0.717, 1.165) is 6.04 Å². The Kier molecular flexibility index (Phi) is 5.00. The number of nitrogens with zero attached hydrogens (tertiary/aromatic N) is 2. The molecule has 3 fully saturated rings. The van der Waals surface area contributed by atoms with Crippen molar-refractivity contribution in [1.29, 1.82) is 0 Å². The van der Waals surface area contributed by atoms with Gasteiger partial charge in [-0.25, -0.2) is 0 Å². The van der Waals surface area contributed by atoms with Crippen molar-refractivity contribution in [2.75, 3.05) is 45.8 Å². The topological polar surface area (TPSA) is 18.5 Å². The number of hydrogen-bond acceptors (Lipinski definition) is 3. The monoisotopic (exact) mass is 279 g/mol. The second-order valence-electron chi connectivity index (χ2n) is 7.45. The van der Waals surface area contributed by atoms with Crippen LogP contribution in [0.4, 0.5) is 0 Å². The van der Waals surface area contributed by atoms with Crippen LogP contribution in [-0.2, 0) is 0 Å². The number of nitrogens with one attached hydrogen (secondary N) is 1. The highest BCUT2D eigenvalue weighted by molar-refractivity contribution is 4.93. The van der Waals surface area contributed by atoms with Crippen molar-refractivity contribution < 1.29 is 0 Å².